The van der Waals surface area contributed by atoms with Crippen LogP contribution in [0.5, 0.6) is 0 Å². The molecule has 0 radical (unpaired) electrons. The first-order chi connectivity index (χ1) is 8.98. The second-order valence-corrected chi connectivity index (χ2v) is 7.21. The molecule has 0 spiro atoms. The van der Waals surface area contributed by atoms with Crippen molar-refractivity contribution >= 4 is 5.91 Å². The van der Waals surface area contributed by atoms with Crippen molar-refractivity contribution in [2.45, 2.75) is 64.8 Å². The minimum Gasteiger partial charge on any atom is -0.351 e. The van der Waals surface area contributed by atoms with Gasteiger partial charge in [0.1, 0.15) is 0 Å². The van der Waals surface area contributed by atoms with Crippen LogP contribution in [0.4, 0.5) is 0 Å². The molecule has 0 aromatic heterocycles. The van der Waals surface area contributed by atoms with Crippen molar-refractivity contribution in [3.63, 3.8) is 0 Å². The van der Waals surface area contributed by atoms with Crippen LogP contribution in [0.25, 0.3) is 0 Å². The molecule has 0 unspecified atom stereocenters. The van der Waals surface area contributed by atoms with Crippen molar-refractivity contribution in [1.82, 2.24) is 10.6 Å². The Labute approximate surface area is 117 Å². The molecule has 1 aliphatic carbocycles. The molecule has 19 heavy (non-hydrogen) atoms. The molecule has 0 bridgehead atoms. The first-order valence-corrected chi connectivity index (χ1v) is 7.97. The monoisotopic (exact) mass is 266 g/mol. The summed E-state index contributed by atoms with van der Waals surface area (Å²) in [6, 6.07) is 0. The second kappa shape index (κ2) is 6.25. The molecule has 3 heteroatoms. The Kier molecular flexibility index (Phi) is 4.88. The van der Waals surface area contributed by atoms with Crippen LogP contribution in [-0.4, -0.2) is 24.5 Å². The van der Waals surface area contributed by atoms with Gasteiger partial charge < -0.3 is 10.6 Å². The lowest BCUT2D eigenvalue weighted by atomic mass is 9.65. The average molecular weight is 266 g/mol. The van der Waals surface area contributed by atoms with Crippen molar-refractivity contribution in [2.75, 3.05) is 13.1 Å². The molecule has 1 aliphatic heterocycles. The first-order valence-electron chi connectivity index (χ1n) is 7.97. The highest BCUT2D eigenvalue weighted by Crippen LogP contribution is 2.43. The van der Waals surface area contributed by atoms with Gasteiger partial charge in [-0.05, 0) is 64.0 Å². The minimum absolute atomic E-state index is 0.0586. The molecule has 3 nitrogen and oxygen atoms in total. The lowest BCUT2D eigenvalue weighted by Crippen LogP contribution is -2.47. The van der Waals surface area contributed by atoms with Crippen molar-refractivity contribution < 1.29 is 4.79 Å². The predicted octanol–water partition coefficient (Wildman–Crippen LogP) is 2.71. The number of hydrogen-bond acceptors (Lipinski definition) is 2. The van der Waals surface area contributed by atoms with Crippen molar-refractivity contribution in [3.05, 3.63) is 0 Å². The molecule has 0 aromatic carbocycles. The van der Waals surface area contributed by atoms with E-state index in [1.54, 1.807) is 6.92 Å². The second-order valence-electron chi connectivity index (χ2n) is 7.21. The van der Waals surface area contributed by atoms with Gasteiger partial charge in [-0.3, -0.25) is 4.79 Å². The molecule has 2 fully saturated rings. The lowest BCUT2D eigenvalue weighted by Gasteiger charge is -2.44. The molecule has 1 saturated carbocycles. The molecule has 110 valence electrons. The highest BCUT2D eigenvalue weighted by atomic mass is 16.1. The van der Waals surface area contributed by atoms with Gasteiger partial charge in [-0.25, -0.2) is 0 Å². The summed E-state index contributed by atoms with van der Waals surface area (Å²) in [7, 11) is 0. The third kappa shape index (κ3) is 4.20. The Hall–Kier alpha value is -0.570. The van der Waals surface area contributed by atoms with E-state index in [2.05, 4.69) is 24.5 Å². The van der Waals surface area contributed by atoms with Crippen LogP contribution in [0.3, 0.4) is 0 Å². The zero-order chi connectivity index (χ0) is 13.9. The van der Waals surface area contributed by atoms with Crippen LogP contribution in [0.1, 0.15) is 59.3 Å². The summed E-state index contributed by atoms with van der Waals surface area (Å²) in [6.07, 6.45) is 8.00. The predicted molar refractivity (Wildman–Crippen MR) is 78.9 cm³/mol. The van der Waals surface area contributed by atoms with Gasteiger partial charge in [-0.1, -0.05) is 19.3 Å². The average Bonchev–Trinajstić information content (AvgIpc) is 2.25. The van der Waals surface area contributed by atoms with E-state index in [9.17, 15) is 4.79 Å². The largest absolute Gasteiger partial charge is 0.351 e. The number of hydrogen-bond donors (Lipinski definition) is 2. The van der Waals surface area contributed by atoms with E-state index in [0.29, 0.717) is 0 Å². The van der Waals surface area contributed by atoms with Crippen LogP contribution in [0.15, 0.2) is 0 Å². The van der Waals surface area contributed by atoms with Gasteiger partial charge in [0.15, 0.2) is 0 Å². The fraction of sp³-hybridized carbons (Fsp3) is 0.938. The first kappa shape index (κ1) is 14.8. The summed E-state index contributed by atoms with van der Waals surface area (Å²) in [4.78, 5) is 11.3. The molecule has 1 saturated heterocycles. The Balaban J connectivity index is 1.98. The maximum absolute atomic E-state index is 11.3. The molecule has 0 aromatic rings. The van der Waals surface area contributed by atoms with Gasteiger partial charge >= 0.3 is 0 Å². The van der Waals surface area contributed by atoms with E-state index < -0.39 is 0 Å². The standard InChI is InChI=1S/C16H30N2O/c1-12(19)18-16(2,3)11-15(13-5-4-6-13)14-7-9-17-10-8-14/h13-15,17H,4-11H2,1-3H3,(H,18,19)/t15-/m0/s1. The van der Waals surface area contributed by atoms with Crippen LogP contribution in [0, 0.1) is 17.8 Å². The van der Waals surface area contributed by atoms with Gasteiger partial charge in [-0.2, -0.15) is 0 Å². The fourth-order valence-corrected chi connectivity index (χ4v) is 3.98. The number of carbonyl (C=O) groups is 1. The smallest absolute Gasteiger partial charge is 0.217 e. The topological polar surface area (TPSA) is 41.1 Å². The number of rotatable bonds is 5. The minimum atomic E-state index is -0.0586. The van der Waals surface area contributed by atoms with E-state index in [1.165, 1.54) is 45.2 Å². The van der Waals surface area contributed by atoms with E-state index >= 15 is 0 Å². The van der Waals surface area contributed by atoms with E-state index in [-0.39, 0.29) is 11.4 Å². The number of amides is 1. The lowest BCUT2D eigenvalue weighted by molar-refractivity contribution is -0.120. The fourth-order valence-electron chi connectivity index (χ4n) is 3.98. The quantitative estimate of drug-likeness (QED) is 0.803. The number of piperidine rings is 1. The van der Waals surface area contributed by atoms with Gasteiger partial charge in [0, 0.05) is 12.5 Å². The van der Waals surface area contributed by atoms with Gasteiger partial charge in [-0.15, -0.1) is 0 Å². The summed E-state index contributed by atoms with van der Waals surface area (Å²) in [5, 5.41) is 6.61. The maximum Gasteiger partial charge on any atom is 0.217 e. The third-order valence-electron chi connectivity index (χ3n) is 5.01. The summed E-state index contributed by atoms with van der Waals surface area (Å²) >= 11 is 0. The molecule has 1 atom stereocenters. The summed E-state index contributed by atoms with van der Waals surface area (Å²) in [5.41, 5.74) is -0.0586. The Morgan fingerprint density at radius 3 is 2.26 bits per heavy atom. The van der Waals surface area contributed by atoms with Gasteiger partial charge in [0.05, 0.1) is 0 Å². The molecular formula is C16H30N2O. The van der Waals surface area contributed by atoms with Gasteiger partial charge in [0.2, 0.25) is 5.91 Å². The normalized spacial score (nSPS) is 23.7. The number of nitrogens with one attached hydrogen (secondary N) is 2. The Morgan fingerprint density at radius 1 is 1.21 bits per heavy atom. The molecule has 2 N–H and O–H groups in total. The van der Waals surface area contributed by atoms with E-state index in [1.807, 2.05) is 0 Å². The Bertz CT molecular complexity index is 304. The summed E-state index contributed by atoms with van der Waals surface area (Å²) < 4.78 is 0. The highest BCUT2D eigenvalue weighted by molar-refractivity contribution is 5.73. The molecular weight excluding hydrogens is 236 g/mol. The molecule has 1 heterocycles. The van der Waals surface area contributed by atoms with Crippen molar-refractivity contribution in [3.8, 4) is 0 Å². The Morgan fingerprint density at radius 2 is 1.79 bits per heavy atom. The van der Waals surface area contributed by atoms with Crippen molar-refractivity contribution in [1.29, 1.82) is 0 Å². The molecule has 2 aliphatic rings. The van der Waals surface area contributed by atoms with Gasteiger partial charge in [0.25, 0.3) is 0 Å². The highest BCUT2D eigenvalue weighted by Gasteiger charge is 2.37. The van der Waals surface area contributed by atoms with Crippen molar-refractivity contribution in [2.24, 2.45) is 17.8 Å². The number of carbonyl (C=O) groups excluding carboxylic acids is 1. The molecule has 1 amide bonds. The van der Waals surface area contributed by atoms with Crippen LogP contribution in [-0.2, 0) is 4.79 Å². The van der Waals surface area contributed by atoms with Crippen LogP contribution >= 0.6 is 0 Å². The maximum atomic E-state index is 11.3. The van der Waals surface area contributed by atoms with Crippen LogP contribution in [0.2, 0.25) is 0 Å². The zero-order valence-electron chi connectivity index (χ0n) is 12.8. The third-order valence-corrected chi connectivity index (χ3v) is 5.01. The SMILES string of the molecule is CC(=O)NC(C)(C)C[C@@H](C1CCC1)C1CCNCC1. The van der Waals surface area contributed by atoms with E-state index in [4.69, 9.17) is 0 Å². The van der Waals surface area contributed by atoms with E-state index in [0.717, 1.165) is 24.2 Å². The molecule has 2 rings (SSSR count). The zero-order valence-corrected chi connectivity index (χ0v) is 12.8. The summed E-state index contributed by atoms with van der Waals surface area (Å²) in [6.45, 7) is 8.34. The summed E-state index contributed by atoms with van der Waals surface area (Å²) in [5.74, 6) is 2.68. The van der Waals surface area contributed by atoms with Crippen LogP contribution < -0.4 is 10.6 Å².